The molecule has 0 unspecified atom stereocenters. The molecule has 2 aromatic carbocycles. The first-order chi connectivity index (χ1) is 12.3. The number of carbonyl (C=O) groups excluding carboxylic acids is 1. The molecule has 0 aliphatic rings. The maximum Gasteiger partial charge on any atom is 0.418 e. The molecule has 134 valence electrons. The van der Waals surface area contributed by atoms with E-state index < -0.39 is 24.3 Å². The van der Waals surface area contributed by atoms with E-state index in [2.05, 4.69) is 10.3 Å². The number of benzene rings is 2. The van der Waals surface area contributed by atoms with Crippen molar-refractivity contribution in [2.75, 3.05) is 11.9 Å². The molecule has 3 aromatic rings. The van der Waals surface area contributed by atoms with Crippen molar-refractivity contribution in [1.29, 1.82) is 0 Å². The number of pyridine rings is 1. The van der Waals surface area contributed by atoms with Crippen molar-refractivity contribution in [3.63, 3.8) is 0 Å². The average molecular weight is 381 g/mol. The summed E-state index contributed by atoms with van der Waals surface area (Å²) < 4.78 is 44.4. The molecule has 1 N–H and O–H groups in total. The van der Waals surface area contributed by atoms with E-state index in [-0.39, 0.29) is 10.7 Å². The number of fused-ring (bicyclic) bond motifs is 1. The molecule has 1 heterocycles. The second kappa shape index (κ2) is 7.21. The lowest BCUT2D eigenvalue weighted by Gasteiger charge is -2.14. The van der Waals surface area contributed by atoms with Gasteiger partial charge in [0.15, 0.2) is 6.61 Å². The molecule has 0 fully saturated rings. The van der Waals surface area contributed by atoms with Crippen LogP contribution in [0.3, 0.4) is 0 Å². The number of hydrogen-bond donors (Lipinski definition) is 1. The Morgan fingerprint density at radius 1 is 1.15 bits per heavy atom. The minimum Gasteiger partial charge on any atom is -0.484 e. The summed E-state index contributed by atoms with van der Waals surface area (Å²) in [6, 6.07) is 11.8. The van der Waals surface area contributed by atoms with E-state index in [1.54, 1.807) is 30.5 Å². The molecule has 26 heavy (non-hydrogen) atoms. The number of ether oxygens (including phenoxy) is 1. The maximum atomic E-state index is 13.0. The van der Waals surface area contributed by atoms with E-state index in [0.717, 1.165) is 23.0 Å². The Balaban J connectivity index is 1.69. The fourth-order valence-electron chi connectivity index (χ4n) is 2.34. The molecule has 0 saturated carbocycles. The van der Waals surface area contributed by atoms with Crippen molar-refractivity contribution >= 4 is 34.1 Å². The molecule has 0 radical (unpaired) electrons. The molecule has 0 aliphatic heterocycles. The quantitative estimate of drug-likeness (QED) is 0.698. The van der Waals surface area contributed by atoms with Crippen molar-refractivity contribution < 1.29 is 22.7 Å². The van der Waals surface area contributed by atoms with Crippen molar-refractivity contribution in [2.24, 2.45) is 0 Å². The lowest BCUT2D eigenvalue weighted by atomic mass is 10.1. The lowest BCUT2D eigenvalue weighted by Crippen LogP contribution is -2.22. The van der Waals surface area contributed by atoms with Crippen LogP contribution in [0.1, 0.15) is 5.56 Å². The third-order valence-corrected chi connectivity index (χ3v) is 3.74. The first kappa shape index (κ1) is 18.0. The van der Waals surface area contributed by atoms with Crippen LogP contribution < -0.4 is 10.1 Å². The van der Waals surface area contributed by atoms with Gasteiger partial charge in [-0.1, -0.05) is 17.7 Å². The molecular weight excluding hydrogens is 369 g/mol. The third-order valence-electron chi connectivity index (χ3n) is 3.51. The molecule has 1 amide bonds. The molecule has 3 rings (SSSR count). The molecule has 4 nitrogen and oxygen atoms in total. The maximum absolute atomic E-state index is 13.0. The number of nitrogens with zero attached hydrogens (tertiary/aromatic N) is 1. The Labute approximate surface area is 151 Å². The topological polar surface area (TPSA) is 51.2 Å². The molecule has 8 heteroatoms. The number of carbonyl (C=O) groups is 1. The van der Waals surface area contributed by atoms with Crippen LogP contribution >= 0.6 is 11.6 Å². The van der Waals surface area contributed by atoms with Crippen molar-refractivity contribution in [1.82, 2.24) is 4.98 Å². The van der Waals surface area contributed by atoms with Crippen LogP contribution in [0.4, 0.5) is 18.9 Å². The van der Waals surface area contributed by atoms with Crippen LogP contribution in [-0.4, -0.2) is 17.5 Å². The van der Waals surface area contributed by atoms with Gasteiger partial charge in [0.25, 0.3) is 5.91 Å². The van der Waals surface area contributed by atoms with Gasteiger partial charge in [0.2, 0.25) is 0 Å². The van der Waals surface area contributed by atoms with Crippen molar-refractivity contribution in [3.05, 3.63) is 65.3 Å². The van der Waals surface area contributed by atoms with Crippen LogP contribution in [-0.2, 0) is 11.0 Å². The highest BCUT2D eigenvalue weighted by atomic mass is 35.5. The predicted octanol–water partition coefficient (Wildman–Crippen LogP) is 4.92. The summed E-state index contributed by atoms with van der Waals surface area (Å²) in [5.41, 5.74) is -0.631. The Morgan fingerprint density at radius 2 is 1.96 bits per heavy atom. The molecule has 1 aromatic heterocycles. The Morgan fingerprint density at radius 3 is 2.73 bits per heavy atom. The minimum absolute atomic E-state index is 0.0728. The number of nitrogens with one attached hydrogen (secondary N) is 1. The van der Waals surface area contributed by atoms with E-state index in [1.807, 2.05) is 6.07 Å². The van der Waals surface area contributed by atoms with Gasteiger partial charge in [-0.25, -0.2) is 0 Å². The van der Waals surface area contributed by atoms with Crippen LogP contribution in [0.2, 0.25) is 5.02 Å². The van der Waals surface area contributed by atoms with Gasteiger partial charge in [0, 0.05) is 16.6 Å². The average Bonchev–Trinajstić information content (AvgIpc) is 2.60. The summed E-state index contributed by atoms with van der Waals surface area (Å²) in [5, 5.41) is 2.95. The van der Waals surface area contributed by atoms with E-state index >= 15 is 0 Å². The number of anilines is 1. The van der Waals surface area contributed by atoms with Crippen molar-refractivity contribution in [2.45, 2.75) is 6.18 Å². The lowest BCUT2D eigenvalue weighted by molar-refractivity contribution is -0.137. The second-order valence-corrected chi connectivity index (χ2v) is 5.82. The van der Waals surface area contributed by atoms with Crippen LogP contribution in [0.15, 0.2) is 54.7 Å². The van der Waals surface area contributed by atoms with Gasteiger partial charge in [-0.3, -0.25) is 9.78 Å². The van der Waals surface area contributed by atoms with Gasteiger partial charge in [-0.05, 0) is 42.5 Å². The summed E-state index contributed by atoms with van der Waals surface area (Å²) in [5.74, 6) is -0.308. The zero-order valence-electron chi connectivity index (χ0n) is 13.2. The van der Waals surface area contributed by atoms with E-state index in [4.69, 9.17) is 16.3 Å². The highest BCUT2D eigenvalue weighted by molar-refractivity contribution is 6.30. The number of aromatic nitrogens is 1. The summed E-state index contributed by atoms with van der Waals surface area (Å²) in [7, 11) is 0. The van der Waals surface area contributed by atoms with Gasteiger partial charge in [-0.15, -0.1) is 0 Å². The van der Waals surface area contributed by atoms with Gasteiger partial charge < -0.3 is 10.1 Å². The number of hydrogen-bond acceptors (Lipinski definition) is 3. The molecule has 0 bridgehead atoms. The van der Waals surface area contributed by atoms with Gasteiger partial charge in [-0.2, -0.15) is 13.2 Å². The molecule has 0 aliphatic carbocycles. The molecule has 0 spiro atoms. The first-order valence-electron chi connectivity index (χ1n) is 7.47. The zero-order chi connectivity index (χ0) is 18.7. The van der Waals surface area contributed by atoms with E-state index in [1.165, 1.54) is 6.07 Å². The van der Waals surface area contributed by atoms with Gasteiger partial charge in [0.1, 0.15) is 5.75 Å². The summed E-state index contributed by atoms with van der Waals surface area (Å²) in [4.78, 5) is 16.1. The van der Waals surface area contributed by atoms with E-state index in [9.17, 15) is 18.0 Å². The summed E-state index contributed by atoms with van der Waals surface area (Å²) in [6.07, 6.45) is -2.99. The first-order valence-corrected chi connectivity index (χ1v) is 7.85. The van der Waals surface area contributed by atoms with Gasteiger partial charge >= 0.3 is 6.18 Å². The van der Waals surface area contributed by atoms with Gasteiger partial charge in [0.05, 0.1) is 16.8 Å². The number of alkyl halides is 3. The molecule has 0 atom stereocenters. The van der Waals surface area contributed by atoms with Crippen molar-refractivity contribution in [3.8, 4) is 5.75 Å². The summed E-state index contributed by atoms with van der Waals surface area (Å²) in [6.45, 7) is -0.439. The van der Waals surface area contributed by atoms with Crippen LogP contribution in [0.5, 0.6) is 5.75 Å². The number of halogens is 4. The number of amides is 1. The van der Waals surface area contributed by atoms with E-state index in [0.29, 0.717) is 5.75 Å². The molecular formula is C18H12ClF3N2O2. The standard InChI is InChI=1S/C18H12ClF3N2O2/c19-12-3-5-16(14(9-12)18(20,21)22)24-17(25)10-26-13-4-6-15-11(8-13)2-1-7-23-15/h1-9H,10H2,(H,24,25). The number of rotatable bonds is 4. The minimum atomic E-state index is -4.64. The fraction of sp³-hybridized carbons (Fsp3) is 0.111. The third kappa shape index (κ3) is 4.23. The Hall–Kier alpha value is -2.80. The largest absolute Gasteiger partial charge is 0.484 e. The zero-order valence-corrected chi connectivity index (χ0v) is 13.9. The monoisotopic (exact) mass is 380 g/mol. The normalized spacial score (nSPS) is 11.4. The molecule has 0 saturated heterocycles. The summed E-state index contributed by atoms with van der Waals surface area (Å²) >= 11 is 5.61. The van der Waals surface area contributed by atoms with Crippen LogP contribution in [0.25, 0.3) is 10.9 Å². The predicted molar refractivity (Wildman–Crippen MR) is 92.3 cm³/mol. The Bertz CT molecular complexity index is 961. The Kier molecular flexibility index (Phi) is 4.99. The smallest absolute Gasteiger partial charge is 0.418 e. The highest BCUT2D eigenvalue weighted by Gasteiger charge is 2.34. The second-order valence-electron chi connectivity index (χ2n) is 5.38. The SMILES string of the molecule is O=C(COc1ccc2ncccc2c1)Nc1ccc(Cl)cc1C(F)(F)F. The van der Waals surface area contributed by atoms with Crippen LogP contribution in [0, 0.1) is 0 Å². The highest BCUT2D eigenvalue weighted by Crippen LogP contribution is 2.36. The fourth-order valence-corrected chi connectivity index (χ4v) is 2.51.